The molecule has 0 N–H and O–H groups in total. The summed E-state index contributed by atoms with van der Waals surface area (Å²) in [7, 11) is 0. The van der Waals surface area contributed by atoms with Gasteiger partial charge in [-0.15, -0.1) is 0 Å². The van der Waals surface area contributed by atoms with Crippen molar-refractivity contribution in [3.8, 4) is 5.75 Å². The van der Waals surface area contributed by atoms with Gasteiger partial charge in [-0.1, -0.05) is 24.3 Å². The molecule has 1 aliphatic heterocycles. The maximum atomic E-state index is 14.1. The minimum absolute atomic E-state index is 0.109. The van der Waals surface area contributed by atoms with Gasteiger partial charge in [-0.05, 0) is 54.7 Å². The van der Waals surface area contributed by atoms with E-state index in [0.29, 0.717) is 50.3 Å². The largest absolute Gasteiger partial charge is 0.494 e. The van der Waals surface area contributed by atoms with Crippen LogP contribution in [0.5, 0.6) is 5.75 Å². The summed E-state index contributed by atoms with van der Waals surface area (Å²) in [6.07, 6.45) is 2.98. The number of anilines is 1. The van der Waals surface area contributed by atoms with Gasteiger partial charge in [0.15, 0.2) is 0 Å². The van der Waals surface area contributed by atoms with Crippen molar-refractivity contribution in [2.75, 3.05) is 24.6 Å². The van der Waals surface area contributed by atoms with Gasteiger partial charge in [0.2, 0.25) is 0 Å². The van der Waals surface area contributed by atoms with Crippen LogP contribution >= 0.6 is 11.5 Å². The Hall–Kier alpha value is -2.93. The van der Waals surface area contributed by atoms with Crippen LogP contribution in [0.3, 0.4) is 0 Å². The Morgan fingerprint density at radius 3 is 2.83 bits per heavy atom. The first-order valence-corrected chi connectivity index (χ1v) is 10.4. The Morgan fingerprint density at radius 2 is 2.03 bits per heavy atom. The summed E-state index contributed by atoms with van der Waals surface area (Å²) in [5.74, 6) is 0.569. The third-order valence-electron chi connectivity index (χ3n) is 4.89. The summed E-state index contributed by atoms with van der Waals surface area (Å²) in [4.78, 5) is 17.8. The molecular weight excluding hydrogens is 389 g/mol. The van der Waals surface area contributed by atoms with Gasteiger partial charge in [0.25, 0.3) is 0 Å². The van der Waals surface area contributed by atoms with E-state index in [4.69, 9.17) is 4.74 Å². The highest BCUT2D eigenvalue weighted by molar-refractivity contribution is 7.05. The van der Waals surface area contributed by atoms with Crippen molar-refractivity contribution in [2.24, 2.45) is 0 Å². The van der Waals surface area contributed by atoms with Crippen LogP contribution in [0.15, 0.2) is 60.8 Å². The Bertz CT molecular complexity index is 950. The summed E-state index contributed by atoms with van der Waals surface area (Å²) < 4.78 is 24.0. The van der Waals surface area contributed by atoms with Gasteiger partial charge in [0, 0.05) is 29.7 Å². The monoisotopic (exact) mass is 411 g/mol. The van der Waals surface area contributed by atoms with Gasteiger partial charge in [-0.25, -0.2) is 13.6 Å². The summed E-state index contributed by atoms with van der Waals surface area (Å²) in [5, 5.41) is 0. The summed E-state index contributed by atoms with van der Waals surface area (Å²) in [6, 6.07) is 16.4. The number of carbonyl (C=O) groups is 1. The minimum atomic E-state index is -0.247. The molecule has 4 rings (SSSR count). The van der Waals surface area contributed by atoms with E-state index in [1.54, 1.807) is 22.1 Å². The molecule has 7 heteroatoms. The SMILES string of the molecule is O=C(N(CCCOc1ccccc1)Cc1ccns1)N1CCc2c(F)cccc21. The molecule has 0 bridgehead atoms. The molecule has 1 aliphatic rings. The fourth-order valence-corrected chi connectivity index (χ4v) is 4.07. The Balaban J connectivity index is 1.43. The molecule has 0 aliphatic carbocycles. The van der Waals surface area contributed by atoms with E-state index in [9.17, 15) is 9.18 Å². The summed E-state index contributed by atoms with van der Waals surface area (Å²) in [5.41, 5.74) is 1.29. The molecule has 150 valence electrons. The zero-order valence-corrected chi connectivity index (χ0v) is 16.8. The number of ether oxygens (including phenoxy) is 1. The molecule has 29 heavy (non-hydrogen) atoms. The number of hydrogen-bond donors (Lipinski definition) is 0. The minimum Gasteiger partial charge on any atom is -0.494 e. The van der Waals surface area contributed by atoms with Crippen LogP contribution in [-0.4, -0.2) is 35.0 Å². The second-order valence-corrected chi connectivity index (χ2v) is 7.75. The maximum Gasteiger partial charge on any atom is 0.324 e. The highest BCUT2D eigenvalue weighted by Gasteiger charge is 2.30. The highest BCUT2D eigenvalue weighted by atomic mass is 32.1. The van der Waals surface area contributed by atoms with E-state index in [0.717, 1.165) is 10.6 Å². The van der Waals surface area contributed by atoms with Crippen molar-refractivity contribution in [2.45, 2.75) is 19.4 Å². The fraction of sp³-hybridized carbons (Fsp3) is 0.273. The topological polar surface area (TPSA) is 45.7 Å². The lowest BCUT2D eigenvalue weighted by Gasteiger charge is -2.28. The number of para-hydroxylation sites is 1. The molecule has 0 unspecified atom stereocenters. The van der Waals surface area contributed by atoms with E-state index in [-0.39, 0.29) is 11.8 Å². The van der Waals surface area contributed by atoms with E-state index >= 15 is 0 Å². The van der Waals surface area contributed by atoms with E-state index in [1.165, 1.54) is 17.6 Å². The Morgan fingerprint density at radius 1 is 1.17 bits per heavy atom. The summed E-state index contributed by atoms with van der Waals surface area (Å²) in [6.45, 7) is 2.04. The van der Waals surface area contributed by atoms with E-state index < -0.39 is 0 Å². The van der Waals surface area contributed by atoms with Gasteiger partial charge in [-0.3, -0.25) is 4.90 Å². The second kappa shape index (κ2) is 9.05. The second-order valence-electron chi connectivity index (χ2n) is 6.84. The first-order chi connectivity index (χ1) is 14.2. The molecule has 0 radical (unpaired) electrons. The van der Waals surface area contributed by atoms with Crippen molar-refractivity contribution in [1.82, 2.24) is 9.27 Å². The number of rotatable bonds is 7. The molecule has 2 amide bonds. The standard InChI is InChI=1S/C22H22FN3O2S/c23-20-8-4-9-21-19(20)11-14-26(21)22(27)25(16-18-10-12-24-29-18)13-5-15-28-17-6-2-1-3-7-17/h1-4,6-10,12H,5,11,13-16H2. The predicted molar refractivity (Wildman–Crippen MR) is 112 cm³/mol. The van der Waals surface area contributed by atoms with Crippen LogP contribution in [0.1, 0.15) is 16.9 Å². The number of benzene rings is 2. The molecule has 0 atom stereocenters. The normalized spacial score (nSPS) is 12.7. The lowest BCUT2D eigenvalue weighted by molar-refractivity contribution is 0.196. The number of fused-ring (bicyclic) bond motifs is 1. The zero-order chi connectivity index (χ0) is 20.1. The molecule has 0 fully saturated rings. The first kappa shape index (κ1) is 19.4. The quantitative estimate of drug-likeness (QED) is 0.528. The number of halogens is 1. The average Bonchev–Trinajstić information content (AvgIpc) is 3.41. The van der Waals surface area contributed by atoms with Crippen molar-refractivity contribution in [3.63, 3.8) is 0 Å². The molecule has 2 aromatic carbocycles. The third-order valence-corrected chi connectivity index (χ3v) is 5.62. The molecule has 2 heterocycles. The number of urea groups is 1. The molecule has 0 saturated carbocycles. The molecule has 0 saturated heterocycles. The van der Waals surface area contributed by atoms with Crippen LogP contribution in [0.4, 0.5) is 14.9 Å². The number of amides is 2. The number of nitrogens with zero attached hydrogens (tertiary/aromatic N) is 3. The van der Waals surface area contributed by atoms with E-state index in [1.807, 2.05) is 42.5 Å². The van der Waals surface area contributed by atoms with Gasteiger partial charge in [0.05, 0.1) is 18.8 Å². The molecular formula is C22H22FN3O2S. The number of carbonyl (C=O) groups excluding carboxylic acids is 1. The van der Waals surface area contributed by atoms with E-state index in [2.05, 4.69) is 4.37 Å². The Labute approximate surface area is 173 Å². The third kappa shape index (κ3) is 4.56. The lowest BCUT2D eigenvalue weighted by atomic mass is 10.1. The fourth-order valence-electron chi connectivity index (χ4n) is 3.48. The molecule has 1 aromatic heterocycles. The zero-order valence-electron chi connectivity index (χ0n) is 16.0. The average molecular weight is 412 g/mol. The van der Waals surface area contributed by atoms with Crippen LogP contribution in [0.25, 0.3) is 0 Å². The number of aromatic nitrogens is 1. The van der Waals surface area contributed by atoms with Crippen LogP contribution < -0.4 is 9.64 Å². The van der Waals surface area contributed by atoms with Crippen molar-refractivity contribution in [3.05, 3.63) is 77.1 Å². The maximum absolute atomic E-state index is 14.1. The van der Waals surface area contributed by atoms with Gasteiger partial charge in [-0.2, -0.15) is 0 Å². The van der Waals surface area contributed by atoms with Crippen LogP contribution in [-0.2, 0) is 13.0 Å². The van der Waals surface area contributed by atoms with Gasteiger partial charge in [0.1, 0.15) is 11.6 Å². The molecule has 5 nitrogen and oxygen atoms in total. The van der Waals surface area contributed by atoms with Crippen molar-refractivity contribution in [1.29, 1.82) is 0 Å². The smallest absolute Gasteiger partial charge is 0.324 e. The number of hydrogen-bond acceptors (Lipinski definition) is 4. The van der Waals surface area contributed by atoms with Crippen molar-refractivity contribution >= 4 is 23.3 Å². The van der Waals surface area contributed by atoms with Gasteiger partial charge < -0.3 is 9.64 Å². The molecule has 3 aromatic rings. The lowest BCUT2D eigenvalue weighted by Crippen LogP contribution is -2.42. The molecule has 0 spiro atoms. The van der Waals surface area contributed by atoms with Crippen LogP contribution in [0.2, 0.25) is 0 Å². The first-order valence-electron chi connectivity index (χ1n) is 9.63. The Kier molecular flexibility index (Phi) is 6.05. The highest BCUT2D eigenvalue weighted by Crippen LogP contribution is 2.31. The van der Waals surface area contributed by atoms with Gasteiger partial charge >= 0.3 is 6.03 Å². The van der Waals surface area contributed by atoms with Crippen LogP contribution in [0, 0.1) is 5.82 Å². The summed E-state index contributed by atoms with van der Waals surface area (Å²) >= 11 is 1.38. The van der Waals surface area contributed by atoms with Crippen molar-refractivity contribution < 1.29 is 13.9 Å². The predicted octanol–water partition coefficient (Wildman–Crippen LogP) is 4.74.